The molecule has 0 aromatic heterocycles. The smallest absolute Gasteiger partial charge is 0.0630 e. The molecule has 1 fully saturated rings. The van der Waals surface area contributed by atoms with Crippen molar-refractivity contribution >= 4 is 11.8 Å². The van der Waals surface area contributed by atoms with Gasteiger partial charge in [0.1, 0.15) is 0 Å². The Labute approximate surface area is 66.6 Å². The standard InChI is InChI=1S/C5H10OS.C2H6O/c6-5-2-1-3-7-4-5;1-2-3/h5-6H,1-4H2;3H,2H2,1H3. The van der Waals surface area contributed by atoms with E-state index in [1.54, 1.807) is 6.92 Å². The minimum absolute atomic E-state index is 0.00116. The van der Waals surface area contributed by atoms with Crippen molar-refractivity contribution in [1.82, 2.24) is 0 Å². The van der Waals surface area contributed by atoms with Crippen LogP contribution < -0.4 is 0 Å². The zero-order valence-corrected chi connectivity index (χ0v) is 7.23. The molecule has 1 unspecified atom stereocenters. The first kappa shape index (κ1) is 10.3. The molecule has 0 saturated carbocycles. The third-order valence-corrected chi connectivity index (χ3v) is 2.33. The number of thioether (sulfide) groups is 1. The Morgan fingerprint density at radius 2 is 2.20 bits per heavy atom. The second-order valence-electron chi connectivity index (χ2n) is 2.19. The maximum Gasteiger partial charge on any atom is 0.0630 e. The molecule has 0 amide bonds. The van der Waals surface area contributed by atoms with E-state index in [1.807, 2.05) is 11.8 Å². The van der Waals surface area contributed by atoms with E-state index < -0.39 is 0 Å². The Morgan fingerprint density at radius 3 is 2.40 bits per heavy atom. The first-order chi connectivity index (χ1) is 4.81. The van der Waals surface area contributed by atoms with Gasteiger partial charge in [0.05, 0.1) is 6.10 Å². The molecule has 0 bridgehead atoms. The summed E-state index contributed by atoms with van der Waals surface area (Å²) in [7, 11) is 0. The molecule has 0 aromatic carbocycles. The number of hydrogen-bond acceptors (Lipinski definition) is 3. The second kappa shape index (κ2) is 7.38. The molecule has 10 heavy (non-hydrogen) atoms. The quantitative estimate of drug-likeness (QED) is 0.558. The van der Waals surface area contributed by atoms with Gasteiger partial charge in [0.2, 0.25) is 0 Å². The Kier molecular flexibility index (Phi) is 7.58. The molecule has 1 atom stereocenters. The number of aliphatic hydroxyl groups excluding tert-OH is 2. The minimum Gasteiger partial charge on any atom is -0.397 e. The van der Waals surface area contributed by atoms with Crippen molar-refractivity contribution in [3.63, 3.8) is 0 Å². The molecule has 1 aliphatic heterocycles. The molecule has 0 spiro atoms. The summed E-state index contributed by atoms with van der Waals surface area (Å²) in [4.78, 5) is 0. The molecule has 3 heteroatoms. The highest BCUT2D eigenvalue weighted by Crippen LogP contribution is 2.15. The van der Waals surface area contributed by atoms with E-state index >= 15 is 0 Å². The van der Waals surface area contributed by atoms with E-state index in [2.05, 4.69) is 0 Å². The normalized spacial score (nSPS) is 24.9. The van der Waals surface area contributed by atoms with Crippen LogP contribution in [0.3, 0.4) is 0 Å². The summed E-state index contributed by atoms with van der Waals surface area (Å²) in [5.74, 6) is 2.21. The molecule has 62 valence electrons. The molecule has 0 aliphatic carbocycles. The maximum atomic E-state index is 8.89. The third kappa shape index (κ3) is 6.39. The van der Waals surface area contributed by atoms with Crippen molar-refractivity contribution in [3.8, 4) is 0 Å². The lowest BCUT2D eigenvalue weighted by Gasteiger charge is -2.14. The van der Waals surface area contributed by atoms with E-state index in [9.17, 15) is 0 Å². The lowest BCUT2D eigenvalue weighted by atomic mass is 10.2. The maximum absolute atomic E-state index is 8.89. The highest BCUT2D eigenvalue weighted by molar-refractivity contribution is 7.99. The van der Waals surface area contributed by atoms with Crippen LogP contribution in [0.15, 0.2) is 0 Å². The van der Waals surface area contributed by atoms with Crippen molar-refractivity contribution in [2.24, 2.45) is 0 Å². The van der Waals surface area contributed by atoms with Crippen LogP contribution in [0.1, 0.15) is 19.8 Å². The van der Waals surface area contributed by atoms with E-state index in [0.717, 1.165) is 12.2 Å². The van der Waals surface area contributed by atoms with Crippen LogP contribution in [0.4, 0.5) is 0 Å². The SMILES string of the molecule is CCO.OC1CCCSC1. The number of aliphatic hydroxyl groups is 2. The lowest BCUT2D eigenvalue weighted by molar-refractivity contribution is 0.185. The molecule has 0 radical (unpaired) electrons. The average molecular weight is 164 g/mol. The first-order valence-electron chi connectivity index (χ1n) is 3.68. The highest BCUT2D eigenvalue weighted by Gasteiger charge is 2.08. The first-order valence-corrected chi connectivity index (χ1v) is 4.83. The van der Waals surface area contributed by atoms with Gasteiger partial charge >= 0.3 is 0 Å². The van der Waals surface area contributed by atoms with Crippen molar-refractivity contribution in [3.05, 3.63) is 0 Å². The number of rotatable bonds is 0. The molecular formula is C7H16O2S. The predicted molar refractivity (Wildman–Crippen MR) is 45.3 cm³/mol. The van der Waals surface area contributed by atoms with Crippen LogP contribution in [0.25, 0.3) is 0 Å². The van der Waals surface area contributed by atoms with Gasteiger partial charge in [-0.2, -0.15) is 11.8 Å². The van der Waals surface area contributed by atoms with Crippen molar-refractivity contribution in [1.29, 1.82) is 0 Å². The molecule has 1 saturated heterocycles. The van der Waals surface area contributed by atoms with E-state index in [4.69, 9.17) is 10.2 Å². The van der Waals surface area contributed by atoms with Gasteiger partial charge in [0, 0.05) is 12.4 Å². The summed E-state index contributed by atoms with van der Waals surface area (Å²) in [5.41, 5.74) is 0. The topological polar surface area (TPSA) is 40.5 Å². The van der Waals surface area contributed by atoms with Crippen LogP contribution in [0, 0.1) is 0 Å². The molecule has 1 heterocycles. The second-order valence-corrected chi connectivity index (χ2v) is 3.34. The van der Waals surface area contributed by atoms with Crippen LogP contribution in [0.5, 0.6) is 0 Å². The minimum atomic E-state index is -0.00116. The lowest BCUT2D eigenvalue weighted by Crippen LogP contribution is -2.14. The molecule has 1 aliphatic rings. The summed E-state index contributed by atoms with van der Waals surface area (Å²) in [6, 6.07) is 0. The molecule has 1 rings (SSSR count). The Hall–Kier alpha value is 0.270. The summed E-state index contributed by atoms with van der Waals surface area (Å²) in [6.07, 6.45) is 2.22. The van der Waals surface area contributed by atoms with Crippen molar-refractivity contribution in [2.45, 2.75) is 25.9 Å². The van der Waals surface area contributed by atoms with E-state index in [0.29, 0.717) is 0 Å². The van der Waals surface area contributed by atoms with Crippen molar-refractivity contribution < 1.29 is 10.2 Å². The monoisotopic (exact) mass is 164 g/mol. The summed E-state index contributed by atoms with van der Waals surface area (Å²) in [6.45, 7) is 1.93. The van der Waals surface area contributed by atoms with Gasteiger partial charge in [0.25, 0.3) is 0 Å². The summed E-state index contributed by atoms with van der Waals surface area (Å²) < 4.78 is 0. The Morgan fingerprint density at radius 1 is 1.60 bits per heavy atom. The molecule has 0 aromatic rings. The zero-order valence-electron chi connectivity index (χ0n) is 6.42. The van der Waals surface area contributed by atoms with Gasteiger partial charge in [-0.1, -0.05) is 0 Å². The fourth-order valence-corrected chi connectivity index (χ4v) is 1.70. The fraction of sp³-hybridized carbons (Fsp3) is 1.00. The van der Waals surface area contributed by atoms with E-state index in [1.165, 1.54) is 12.2 Å². The summed E-state index contributed by atoms with van der Waals surface area (Å²) in [5, 5.41) is 16.5. The van der Waals surface area contributed by atoms with Crippen LogP contribution in [-0.2, 0) is 0 Å². The van der Waals surface area contributed by atoms with Gasteiger partial charge in [-0.05, 0) is 25.5 Å². The highest BCUT2D eigenvalue weighted by atomic mass is 32.2. The summed E-state index contributed by atoms with van der Waals surface area (Å²) >= 11 is 1.85. The average Bonchev–Trinajstić information content (AvgIpc) is 1.91. The van der Waals surface area contributed by atoms with Gasteiger partial charge < -0.3 is 10.2 Å². The van der Waals surface area contributed by atoms with Gasteiger partial charge in [-0.15, -0.1) is 0 Å². The Bertz CT molecular complexity index is 62.6. The molecule has 2 nitrogen and oxygen atoms in total. The zero-order chi connectivity index (χ0) is 7.82. The van der Waals surface area contributed by atoms with Crippen LogP contribution in [-0.4, -0.2) is 34.4 Å². The van der Waals surface area contributed by atoms with E-state index in [-0.39, 0.29) is 12.7 Å². The largest absolute Gasteiger partial charge is 0.397 e. The van der Waals surface area contributed by atoms with Crippen molar-refractivity contribution in [2.75, 3.05) is 18.1 Å². The third-order valence-electron chi connectivity index (χ3n) is 1.14. The molecular weight excluding hydrogens is 148 g/mol. The number of hydrogen-bond donors (Lipinski definition) is 2. The Balaban J connectivity index is 0.000000236. The van der Waals surface area contributed by atoms with Gasteiger partial charge in [0.15, 0.2) is 0 Å². The van der Waals surface area contributed by atoms with Crippen LogP contribution >= 0.6 is 11.8 Å². The molecule has 2 N–H and O–H groups in total. The van der Waals surface area contributed by atoms with Gasteiger partial charge in [-0.25, -0.2) is 0 Å². The van der Waals surface area contributed by atoms with Gasteiger partial charge in [-0.3, -0.25) is 0 Å². The fourth-order valence-electron chi connectivity index (χ4n) is 0.724. The van der Waals surface area contributed by atoms with Crippen LogP contribution in [0.2, 0.25) is 0 Å². The predicted octanol–water partition coefficient (Wildman–Crippen LogP) is 0.873.